The number of nitrogens with zero attached hydrogens (tertiary/aromatic N) is 4. The first-order valence-corrected chi connectivity index (χ1v) is 10.2. The molecule has 150 valence electrons. The lowest BCUT2D eigenvalue weighted by Gasteiger charge is -2.32. The molecule has 0 saturated carbocycles. The number of rotatable bonds is 5. The molecule has 0 aliphatic carbocycles. The molecule has 0 radical (unpaired) electrons. The Bertz CT molecular complexity index is 963. The molecule has 29 heavy (non-hydrogen) atoms. The van der Waals surface area contributed by atoms with Crippen LogP contribution in [0.2, 0.25) is 0 Å². The van der Waals surface area contributed by atoms with Gasteiger partial charge in [-0.1, -0.05) is 47.7 Å². The van der Waals surface area contributed by atoms with Crippen LogP contribution in [-0.4, -0.2) is 52.5 Å². The highest BCUT2D eigenvalue weighted by Gasteiger charge is 2.27. The zero-order valence-electron chi connectivity index (χ0n) is 17.0. The van der Waals surface area contributed by atoms with Crippen LogP contribution in [0, 0.1) is 12.8 Å². The highest BCUT2D eigenvalue weighted by atomic mass is 16.2. The molecule has 1 atom stereocenters. The lowest BCUT2D eigenvalue weighted by molar-refractivity contribution is 0.0667. The van der Waals surface area contributed by atoms with Crippen LogP contribution in [0.5, 0.6) is 0 Å². The number of hydrogen-bond acceptors (Lipinski definition) is 4. The minimum Gasteiger partial charge on any atom is -0.337 e. The largest absolute Gasteiger partial charge is 0.337 e. The van der Waals surface area contributed by atoms with Gasteiger partial charge < -0.3 is 10.2 Å². The molecule has 1 fully saturated rings. The van der Waals surface area contributed by atoms with Crippen molar-refractivity contribution >= 4 is 5.91 Å². The van der Waals surface area contributed by atoms with Crippen molar-refractivity contribution in [2.24, 2.45) is 5.92 Å². The molecule has 1 aromatic heterocycles. The molecule has 0 spiro atoms. The Kier molecular flexibility index (Phi) is 5.71. The van der Waals surface area contributed by atoms with Crippen molar-refractivity contribution in [1.82, 2.24) is 25.2 Å². The summed E-state index contributed by atoms with van der Waals surface area (Å²) in [6.07, 6.45) is 2.19. The number of amides is 1. The van der Waals surface area contributed by atoms with Gasteiger partial charge in [-0.05, 0) is 62.5 Å². The van der Waals surface area contributed by atoms with Crippen molar-refractivity contribution in [3.05, 3.63) is 66.0 Å². The molecule has 3 aromatic rings. The number of nitrogens with one attached hydrogen (secondary N) is 1. The van der Waals surface area contributed by atoms with E-state index in [-0.39, 0.29) is 5.91 Å². The Morgan fingerprint density at radius 1 is 1.10 bits per heavy atom. The van der Waals surface area contributed by atoms with Crippen LogP contribution >= 0.6 is 0 Å². The van der Waals surface area contributed by atoms with Crippen molar-refractivity contribution in [1.29, 1.82) is 0 Å². The summed E-state index contributed by atoms with van der Waals surface area (Å²) < 4.78 is 1.75. The SMILES string of the molecule is CNCC1CCCN(C(=O)c2nnn(-c3ccc(-c4ccccc4)cc3)c2C)C1. The Morgan fingerprint density at radius 3 is 2.55 bits per heavy atom. The number of carbonyl (C=O) groups excluding carboxylic acids is 1. The third-order valence-electron chi connectivity index (χ3n) is 5.62. The van der Waals surface area contributed by atoms with E-state index >= 15 is 0 Å². The first kappa shape index (κ1) is 19.3. The minimum atomic E-state index is -0.0181. The molecule has 6 nitrogen and oxygen atoms in total. The summed E-state index contributed by atoms with van der Waals surface area (Å²) in [5.41, 5.74) is 4.44. The minimum absolute atomic E-state index is 0.0181. The van der Waals surface area contributed by atoms with E-state index in [1.807, 2.05) is 49.2 Å². The van der Waals surface area contributed by atoms with Crippen molar-refractivity contribution < 1.29 is 4.79 Å². The molecule has 1 aliphatic rings. The van der Waals surface area contributed by atoms with E-state index in [4.69, 9.17) is 0 Å². The van der Waals surface area contributed by atoms with Gasteiger partial charge in [-0.3, -0.25) is 4.79 Å². The first-order valence-electron chi connectivity index (χ1n) is 10.2. The summed E-state index contributed by atoms with van der Waals surface area (Å²) in [6.45, 7) is 4.41. The second-order valence-corrected chi connectivity index (χ2v) is 7.67. The summed E-state index contributed by atoms with van der Waals surface area (Å²) in [7, 11) is 1.96. The van der Waals surface area contributed by atoms with E-state index in [1.165, 1.54) is 5.56 Å². The zero-order chi connectivity index (χ0) is 20.2. The van der Waals surface area contributed by atoms with Crippen molar-refractivity contribution in [2.75, 3.05) is 26.7 Å². The Morgan fingerprint density at radius 2 is 1.83 bits per heavy atom. The first-order chi connectivity index (χ1) is 14.2. The number of carbonyl (C=O) groups is 1. The maximum absolute atomic E-state index is 13.0. The second-order valence-electron chi connectivity index (χ2n) is 7.67. The molecular formula is C23H27N5O. The summed E-state index contributed by atoms with van der Waals surface area (Å²) in [4.78, 5) is 15.0. The lowest BCUT2D eigenvalue weighted by atomic mass is 9.97. The number of aromatic nitrogens is 3. The van der Waals surface area contributed by atoms with Gasteiger partial charge >= 0.3 is 0 Å². The molecular weight excluding hydrogens is 362 g/mol. The fraction of sp³-hybridized carbons (Fsp3) is 0.348. The number of hydrogen-bond donors (Lipinski definition) is 1. The maximum Gasteiger partial charge on any atom is 0.276 e. The van der Waals surface area contributed by atoms with Gasteiger partial charge in [0.25, 0.3) is 5.91 Å². The quantitative estimate of drug-likeness (QED) is 0.727. The van der Waals surface area contributed by atoms with Gasteiger partial charge in [0.05, 0.1) is 11.4 Å². The third-order valence-corrected chi connectivity index (χ3v) is 5.62. The van der Waals surface area contributed by atoms with E-state index in [9.17, 15) is 4.79 Å². The summed E-state index contributed by atoms with van der Waals surface area (Å²) in [5.74, 6) is 0.481. The van der Waals surface area contributed by atoms with Gasteiger partial charge in [0, 0.05) is 13.1 Å². The van der Waals surface area contributed by atoms with Gasteiger partial charge in [-0.25, -0.2) is 4.68 Å². The van der Waals surface area contributed by atoms with Crippen LogP contribution in [0.4, 0.5) is 0 Å². The van der Waals surface area contributed by atoms with Gasteiger partial charge in [0.1, 0.15) is 0 Å². The van der Waals surface area contributed by atoms with Crippen LogP contribution < -0.4 is 5.32 Å². The van der Waals surface area contributed by atoms with Crippen LogP contribution in [0.1, 0.15) is 29.0 Å². The van der Waals surface area contributed by atoms with Gasteiger partial charge in [0.15, 0.2) is 5.69 Å². The summed E-state index contributed by atoms with van der Waals surface area (Å²) in [5, 5.41) is 11.7. The zero-order valence-corrected chi connectivity index (χ0v) is 17.0. The Labute approximate surface area is 171 Å². The van der Waals surface area contributed by atoms with E-state index < -0.39 is 0 Å². The van der Waals surface area contributed by atoms with Crippen LogP contribution in [0.3, 0.4) is 0 Å². The maximum atomic E-state index is 13.0. The van der Waals surface area contributed by atoms with Crippen molar-refractivity contribution in [3.8, 4) is 16.8 Å². The lowest BCUT2D eigenvalue weighted by Crippen LogP contribution is -2.42. The smallest absolute Gasteiger partial charge is 0.276 e. The van der Waals surface area contributed by atoms with Gasteiger partial charge in [-0.15, -0.1) is 5.10 Å². The number of piperidine rings is 1. The molecule has 6 heteroatoms. The average Bonchev–Trinajstić information content (AvgIpc) is 3.15. The molecule has 2 heterocycles. The molecule has 1 saturated heterocycles. The van der Waals surface area contributed by atoms with Crippen LogP contribution in [0.25, 0.3) is 16.8 Å². The predicted octanol–water partition coefficient (Wildman–Crippen LogP) is 3.31. The summed E-state index contributed by atoms with van der Waals surface area (Å²) in [6, 6.07) is 18.4. The summed E-state index contributed by atoms with van der Waals surface area (Å²) >= 11 is 0. The predicted molar refractivity (Wildman–Crippen MR) is 114 cm³/mol. The van der Waals surface area contributed by atoms with Crippen LogP contribution in [0.15, 0.2) is 54.6 Å². The number of likely N-dealkylation sites (tertiary alicyclic amines) is 1. The standard InChI is InChI=1S/C23H27N5O/c1-17-22(23(29)27-14-6-7-18(16-27)15-24-2)25-26-28(17)21-12-10-20(11-13-21)19-8-4-3-5-9-19/h3-5,8-13,18,24H,6-7,14-16H2,1-2H3. The molecule has 1 amide bonds. The van der Waals surface area contributed by atoms with E-state index in [0.29, 0.717) is 11.6 Å². The van der Waals surface area contributed by atoms with Gasteiger partial charge in [-0.2, -0.15) is 0 Å². The highest BCUT2D eigenvalue weighted by Crippen LogP contribution is 2.23. The molecule has 0 bridgehead atoms. The fourth-order valence-electron chi connectivity index (χ4n) is 4.05. The topological polar surface area (TPSA) is 63.1 Å². The third kappa shape index (κ3) is 4.07. The van der Waals surface area contributed by atoms with Crippen LogP contribution in [-0.2, 0) is 0 Å². The normalized spacial score (nSPS) is 16.8. The highest BCUT2D eigenvalue weighted by molar-refractivity contribution is 5.93. The molecule has 4 rings (SSSR count). The molecule has 1 unspecified atom stereocenters. The Hall–Kier alpha value is -2.99. The monoisotopic (exact) mass is 389 g/mol. The molecule has 2 aromatic carbocycles. The van der Waals surface area contributed by atoms with Crippen molar-refractivity contribution in [2.45, 2.75) is 19.8 Å². The van der Waals surface area contributed by atoms with E-state index in [1.54, 1.807) is 4.68 Å². The number of benzene rings is 2. The van der Waals surface area contributed by atoms with Crippen molar-refractivity contribution in [3.63, 3.8) is 0 Å². The molecule has 1 N–H and O–H groups in total. The molecule has 1 aliphatic heterocycles. The Balaban J connectivity index is 1.53. The van der Waals surface area contributed by atoms with E-state index in [0.717, 1.165) is 49.4 Å². The fourth-order valence-corrected chi connectivity index (χ4v) is 4.05. The second kappa shape index (κ2) is 8.57. The average molecular weight is 390 g/mol. The van der Waals surface area contributed by atoms with Gasteiger partial charge in [0.2, 0.25) is 0 Å². The van der Waals surface area contributed by atoms with E-state index in [2.05, 4.69) is 39.9 Å².